The molecule has 0 aliphatic rings. The second-order valence-corrected chi connectivity index (χ2v) is 4.88. The Hall–Kier alpha value is -0.370. The molecule has 1 rings (SSSR count). The fourth-order valence-electron chi connectivity index (χ4n) is 0.649. The van der Waals surface area contributed by atoms with Gasteiger partial charge in [-0.25, -0.2) is 0 Å². The standard InChI is InChI=1S/C7H7BrN2S/c1-7(10,4-9)5-2-3-6(8)11-5/h2-3H,10H2,1H3. The van der Waals surface area contributed by atoms with Crippen molar-refractivity contribution in [2.24, 2.45) is 5.73 Å². The van der Waals surface area contributed by atoms with Crippen LogP contribution in [0.5, 0.6) is 0 Å². The summed E-state index contributed by atoms with van der Waals surface area (Å²) >= 11 is 4.80. The molecule has 1 heterocycles. The highest BCUT2D eigenvalue weighted by Crippen LogP contribution is 2.28. The molecule has 0 fully saturated rings. The summed E-state index contributed by atoms with van der Waals surface area (Å²) < 4.78 is 0.999. The Morgan fingerprint density at radius 1 is 1.73 bits per heavy atom. The highest BCUT2D eigenvalue weighted by atomic mass is 79.9. The number of rotatable bonds is 1. The summed E-state index contributed by atoms with van der Waals surface area (Å²) in [6, 6.07) is 5.79. The SMILES string of the molecule is CC(N)(C#N)c1ccc(Br)s1. The first-order valence-electron chi connectivity index (χ1n) is 3.02. The molecule has 58 valence electrons. The molecular weight excluding hydrogens is 224 g/mol. The number of hydrogen-bond donors (Lipinski definition) is 1. The molecule has 2 N–H and O–H groups in total. The molecule has 0 saturated carbocycles. The van der Waals surface area contributed by atoms with Crippen molar-refractivity contribution in [1.82, 2.24) is 0 Å². The van der Waals surface area contributed by atoms with Gasteiger partial charge in [-0.1, -0.05) is 0 Å². The molecule has 1 aromatic rings. The molecule has 1 atom stereocenters. The van der Waals surface area contributed by atoms with Crippen molar-refractivity contribution >= 4 is 27.3 Å². The number of nitriles is 1. The van der Waals surface area contributed by atoms with Crippen molar-refractivity contribution in [1.29, 1.82) is 5.26 Å². The van der Waals surface area contributed by atoms with Crippen LogP contribution in [-0.4, -0.2) is 0 Å². The summed E-state index contributed by atoms with van der Waals surface area (Å²) in [6.07, 6.45) is 0. The lowest BCUT2D eigenvalue weighted by Gasteiger charge is -2.11. The first-order valence-corrected chi connectivity index (χ1v) is 4.63. The van der Waals surface area contributed by atoms with Gasteiger partial charge in [0.05, 0.1) is 9.86 Å². The van der Waals surface area contributed by atoms with E-state index < -0.39 is 5.54 Å². The van der Waals surface area contributed by atoms with Crippen LogP contribution in [0.1, 0.15) is 11.8 Å². The summed E-state index contributed by atoms with van der Waals surface area (Å²) in [5.74, 6) is 0. The Kier molecular flexibility index (Phi) is 2.33. The van der Waals surface area contributed by atoms with E-state index in [2.05, 4.69) is 15.9 Å². The average Bonchev–Trinajstić information content (AvgIpc) is 2.36. The van der Waals surface area contributed by atoms with Crippen LogP contribution in [0, 0.1) is 11.3 Å². The monoisotopic (exact) mass is 230 g/mol. The van der Waals surface area contributed by atoms with E-state index in [0.717, 1.165) is 8.66 Å². The van der Waals surface area contributed by atoms with Crippen LogP contribution >= 0.6 is 27.3 Å². The van der Waals surface area contributed by atoms with E-state index in [9.17, 15) is 0 Å². The molecule has 1 unspecified atom stereocenters. The van der Waals surface area contributed by atoms with Crippen LogP contribution < -0.4 is 5.73 Å². The third kappa shape index (κ3) is 1.80. The van der Waals surface area contributed by atoms with Crippen LogP contribution in [0.2, 0.25) is 0 Å². The van der Waals surface area contributed by atoms with Gasteiger partial charge >= 0.3 is 0 Å². The molecule has 2 nitrogen and oxygen atoms in total. The van der Waals surface area contributed by atoms with Crippen molar-refractivity contribution in [3.05, 3.63) is 20.8 Å². The topological polar surface area (TPSA) is 49.8 Å². The second kappa shape index (κ2) is 2.94. The van der Waals surface area contributed by atoms with Crippen LogP contribution in [0.4, 0.5) is 0 Å². The second-order valence-electron chi connectivity index (χ2n) is 2.42. The lowest BCUT2D eigenvalue weighted by atomic mass is 10.1. The van der Waals surface area contributed by atoms with E-state index in [1.54, 1.807) is 6.92 Å². The highest BCUT2D eigenvalue weighted by Gasteiger charge is 2.21. The number of hydrogen-bond acceptors (Lipinski definition) is 3. The summed E-state index contributed by atoms with van der Waals surface area (Å²) in [5.41, 5.74) is 4.83. The largest absolute Gasteiger partial charge is 0.309 e. The minimum Gasteiger partial charge on any atom is -0.309 e. The zero-order chi connectivity index (χ0) is 8.48. The van der Waals surface area contributed by atoms with Crippen LogP contribution in [-0.2, 0) is 5.54 Å². The Bertz CT molecular complexity index is 298. The summed E-state index contributed by atoms with van der Waals surface area (Å²) in [7, 11) is 0. The van der Waals surface area contributed by atoms with Crippen LogP contribution in [0.25, 0.3) is 0 Å². The van der Waals surface area contributed by atoms with Gasteiger partial charge < -0.3 is 5.73 Å². The lowest BCUT2D eigenvalue weighted by Crippen LogP contribution is -2.29. The van der Waals surface area contributed by atoms with Gasteiger partial charge in [0.2, 0.25) is 0 Å². The summed E-state index contributed by atoms with van der Waals surface area (Å²) in [6.45, 7) is 1.70. The van der Waals surface area contributed by atoms with E-state index in [-0.39, 0.29) is 0 Å². The number of halogens is 1. The Balaban J connectivity index is 3.04. The normalized spacial score (nSPS) is 15.5. The molecule has 1 aromatic heterocycles. The van der Waals surface area contributed by atoms with Gasteiger partial charge in [-0.15, -0.1) is 11.3 Å². The zero-order valence-electron chi connectivity index (χ0n) is 5.97. The maximum absolute atomic E-state index is 8.67. The average molecular weight is 231 g/mol. The molecule has 4 heteroatoms. The smallest absolute Gasteiger partial charge is 0.136 e. The minimum atomic E-state index is -0.851. The fraction of sp³-hybridized carbons (Fsp3) is 0.286. The Morgan fingerprint density at radius 3 is 2.73 bits per heavy atom. The summed E-state index contributed by atoms with van der Waals surface area (Å²) in [4.78, 5) is 0.881. The van der Waals surface area contributed by atoms with E-state index in [1.807, 2.05) is 18.2 Å². The zero-order valence-corrected chi connectivity index (χ0v) is 8.37. The number of nitrogens with two attached hydrogens (primary N) is 1. The maximum atomic E-state index is 8.67. The van der Waals surface area contributed by atoms with E-state index in [4.69, 9.17) is 11.0 Å². The Morgan fingerprint density at radius 2 is 2.36 bits per heavy atom. The molecule has 0 aliphatic carbocycles. The molecule has 11 heavy (non-hydrogen) atoms. The summed E-state index contributed by atoms with van der Waals surface area (Å²) in [5, 5.41) is 8.67. The van der Waals surface area contributed by atoms with Gasteiger partial charge in [-0.2, -0.15) is 5.26 Å². The van der Waals surface area contributed by atoms with Gasteiger partial charge in [0.15, 0.2) is 0 Å². The van der Waals surface area contributed by atoms with Gasteiger partial charge in [-0.05, 0) is 35.0 Å². The molecule has 0 saturated heterocycles. The third-order valence-corrected chi connectivity index (χ3v) is 3.18. The van der Waals surface area contributed by atoms with Gasteiger partial charge in [0, 0.05) is 4.88 Å². The van der Waals surface area contributed by atoms with Crippen LogP contribution in [0.3, 0.4) is 0 Å². The molecule has 0 aliphatic heterocycles. The van der Waals surface area contributed by atoms with E-state index >= 15 is 0 Å². The van der Waals surface area contributed by atoms with Crippen molar-refractivity contribution in [2.75, 3.05) is 0 Å². The van der Waals surface area contributed by atoms with Crippen molar-refractivity contribution in [2.45, 2.75) is 12.5 Å². The third-order valence-electron chi connectivity index (χ3n) is 1.32. The first-order chi connectivity index (χ1) is 5.06. The van der Waals surface area contributed by atoms with Gasteiger partial charge in [0.25, 0.3) is 0 Å². The quantitative estimate of drug-likeness (QED) is 0.805. The lowest BCUT2D eigenvalue weighted by molar-refractivity contribution is 0.661. The van der Waals surface area contributed by atoms with Gasteiger partial charge in [0.1, 0.15) is 5.54 Å². The minimum absolute atomic E-state index is 0.851. The molecule has 0 aromatic carbocycles. The number of thiophene rings is 1. The van der Waals surface area contributed by atoms with E-state index in [1.165, 1.54) is 11.3 Å². The molecular formula is C7H7BrN2S. The predicted octanol–water partition coefficient (Wildman–Crippen LogP) is 2.21. The Labute approximate surface area is 77.8 Å². The fourth-order valence-corrected chi connectivity index (χ4v) is 2.04. The molecule has 0 radical (unpaired) electrons. The molecule has 0 bridgehead atoms. The van der Waals surface area contributed by atoms with Crippen molar-refractivity contribution in [3.63, 3.8) is 0 Å². The van der Waals surface area contributed by atoms with Gasteiger partial charge in [-0.3, -0.25) is 0 Å². The van der Waals surface area contributed by atoms with E-state index in [0.29, 0.717) is 0 Å². The molecule has 0 amide bonds. The van der Waals surface area contributed by atoms with Crippen molar-refractivity contribution < 1.29 is 0 Å². The highest BCUT2D eigenvalue weighted by molar-refractivity contribution is 9.11. The predicted molar refractivity (Wildman–Crippen MR) is 49.2 cm³/mol. The van der Waals surface area contributed by atoms with Crippen molar-refractivity contribution in [3.8, 4) is 6.07 Å². The first kappa shape index (κ1) is 8.72. The number of nitrogens with zero attached hydrogens (tertiary/aromatic N) is 1. The van der Waals surface area contributed by atoms with Crippen LogP contribution in [0.15, 0.2) is 15.9 Å². The maximum Gasteiger partial charge on any atom is 0.136 e. The molecule has 0 spiro atoms.